The van der Waals surface area contributed by atoms with Crippen LogP contribution in [0.25, 0.3) is 0 Å². The van der Waals surface area contributed by atoms with E-state index in [1.165, 1.54) is 0 Å². The summed E-state index contributed by atoms with van der Waals surface area (Å²) in [5, 5.41) is 3.43. The lowest BCUT2D eigenvalue weighted by atomic mass is 10.4. The highest BCUT2D eigenvalue weighted by atomic mass is 35.5. The molecule has 1 N–H and O–H groups in total. The van der Waals surface area contributed by atoms with Gasteiger partial charge < -0.3 is 10.1 Å². The summed E-state index contributed by atoms with van der Waals surface area (Å²) in [6.07, 6.45) is 2.67. The molecule has 1 fully saturated rings. The Morgan fingerprint density at radius 3 is 2.92 bits per heavy atom. The molecule has 0 amide bonds. The lowest BCUT2D eigenvalue weighted by Gasteiger charge is -2.08. The van der Waals surface area contributed by atoms with Crippen LogP contribution in [0.15, 0.2) is 12.1 Å². The summed E-state index contributed by atoms with van der Waals surface area (Å²) in [6, 6.07) is 3.58. The van der Waals surface area contributed by atoms with Crippen LogP contribution in [-0.2, 0) is 0 Å². The van der Waals surface area contributed by atoms with E-state index in [1.54, 1.807) is 13.1 Å². The molecular weight excluding hydrogens is 188 g/mol. The van der Waals surface area contributed by atoms with Gasteiger partial charge in [-0.25, -0.2) is 4.98 Å². The normalized spacial score (nSPS) is 15.5. The minimum atomic E-state index is 0.384. The van der Waals surface area contributed by atoms with E-state index < -0.39 is 0 Å². The van der Waals surface area contributed by atoms with Gasteiger partial charge in [-0.05, 0) is 25.0 Å². The Bertz CT molecular complexity index is 312. The molecule has 3 nitrogen and oxygen atoms in total. The third-order valence-corrected chi connectivity index (χ3v) is 2.09. The zero-order valence-electron chi connectivity index (χ0n) is 7.38. The van der Waals surface area contributed by atoms with Crippen molar-refractivity contribution in [3.05, 3.63) is 17.3 Å². The maximum atomic E-state index is 5.74. The number of rotatable bonds is 3. The Labute approximate surface area is 82.1 Å². The van der Waals surface area contributed by atoms with E-state index in [4.69, 9.17) is 16.3 Å². The third kappa shape index (κ3) is 2.04. The van der Waals surface area contributed by atoms with E-state index in [0.29, 0.717) is 17.1 Å². The molecule has 1 heterocycles. The zero-order chi connectivity index (χ0) is 9.26. The summed E-state index contributed by atoms with van der Waals surface area (Å²) in [5.74, 6) is 1.49. The van der Waals surface area contributed by atoms with E-state index in [-0.39, 0.29) is 0 Å². The standard InChI is InChI=1S/C9H11ClN2O/c1-11-9-7(13-6-2-3-6)4-5-8(10)12-9/h4-6H,2-3H2,1H3,(H,11,12). The van der Waals surface area contributed by atoms with Crippen molar-refractivity contribution in [1.29, 1.82) is 0 Å². The minimum absolute atomic E-state index is 0.384. The van der Waals surface area contributed by atoms with Gasteiger partial charge in [-0.1, -0.05) is 11.6 Å². The lowest BCUT2D eigenvalue weighted by Crippen LogP contribution is -2.01. The number of nitrogens with one attached hydrogen (secondary N) is 1. The van der Waals surface area contributed by atoms with Crippen LogP contribution in [-0.4, -0.2) is 18.1 Å². The van der Waals surface area contributed by atoms with Crippen molar-refractivity contribution in [3.63, 3.8) is 0 Å². The van der Waals surface area contributed by atoms with E-state index in [0.717, 1.165) is 18.6 Å². The third-order valence-electron chi connectivity index (χ3n) is 1.88. The molecule has 70 valence electrons. The number of aromatic nitrogens is 1. The van der Waals surface area contributed by atoms with Gasteiger partial charge in [-0.3, -0.25) is 0 Å². The van der Waals surface area contributed by atoms with Gasteiger partial charge in [0.25, 0.3) is 0 Å². The predicted octanol–water partition coefficient (Wildman–Crippen LogP) is 2.32. The van der Waals surface area contributed by atoms with E-state index >= 15 is 0 Å². The molecule has 0 saturated heterocycles. The van der Waals surface area contributed by atoms with Gasteiger partial charge in [-0.15, -0.1) is 0 Å². The molecule has 2 rings (SSSR count). The Morgan fingerprint density at radius 1 is 1.54 bits per heavy atom. The molecule has 0 spiro atoms. The van der Waals surface area contributed by atoms with Crippen molar-refractivity contribution in [1.82, 2.24) is 4.98 Å². The number of halogens is 1. The molecule has 13 heavy (non-hydrogen) atoms. The van der Waals surface area contributed by atoms with Crippen LogP contribution in [0.4, 0.5) is 5.82 Å². The van der Waals surface area contributed by atoms with Crippen LogP contribution in [0.3, 0.4) is 0 Å². The summed E-state index contributed by atoms with van der Waals surface area (Å²) in [5.41, 5.74) is 0. The molecule has 1 saturated carbocycles. The van der Waals surface area contributed by atoms with Crippen LogP contribution < -0.4 is 10.1 Å². The van der Waals surface area contributed by atoms with Crippen LogP contribution in [0.2, 0.25) is 5.15 Å². The Balaban J connectivity index is 2.21. The van der Waals surface area contributed by atoms with Gasteiger partial charge in [0.15, 0.2) is 11.6 Å². The largest absolute Gasteiger partial charge is 0.487 e. The molecule has 0 aromatic carbocycles. The number of nitrogens with zero attached hydrogens (tertiary/aromatic N) is 1. The van der Waals surface area contributed by atoms with Gasteiger partial charge >= 0.3 is 0 Å². The van der Waals surface area contributed by atoms with Crippen LogP contribution in [0.5, 0.6) is 5.75 Å². The summed E-state index contributed by atoms with van der Waals surface area (Å²) in [6.45, 7) is 0. The minimum Gasteiger partial charge on any atom is -0.487 e. The molecule has 0 radical (unpaired) electrons. The maximum absolute atomic E-state index is 5.74. The van der Waals surface area contributed by atoms with Crippen molar-refractivity contribution in [2.75, 3.05) is 12.4 Å². The monoisotopic (exact) mass is 198 g/mol. The number of ether oxygens (including phenoxy) is 1. The predicted molar refractivity (Wildman–Crippen MR) is 52.4 cm³/mol. The van der Waals surface area contributed by atoms with Crippen molar-refractivity contribution in [2.24, 2.45) is 0 Å². The van der Waals surface area contributed by atoms with Crippen molar-refractivity contribution in [3.8, 4) is 5.75 Å². The highest BCUT2D eigenvalue weighted by Crippen LogP contribution is 2.31. The second kappa shape index (κ2) is 3.42. The van der Waals surface area contributed by atoms with Crippen molar-refractivity contribution < 1.29 is 4.74 Å². The van der Waals surface area contributed by atoms with Gasteiger partial charge in [0.2, 0.25) is 0 Å². The maximum Gasteiger partial charge on any atom is 0.170 e. The van der Waals surface area contributed by atoms with E-state index in [1.807, 2.05) is 6.07 Å². The van der Waals surface area contributed by atoms with Crippen LogP contribution in [0.1, 0.15) is 12.8 Å². The summed E-state index contributed by atoms with van der Waals surface area (Å²) in [4.78, 5) is 4.10. The average Bonchev–Trinajstić information content (AvgIpc) is 2.92. The second-order valence-electron chi connectivity index (χ2n) is 3.05. The van der Waals surface area contributed by atoms with E-state index in [9.17, 15) is 0 Å². The summed E-state index contributed by atoms with van der Waals surface area (Å²) < 4.78 is 5.62. The number of anilines is 1. The molecule has 0 aliphatic heterocycles. The molecule has 1 aliphatic rings. The van der Waals surface area contributed by atoms with Crippen LogP contribution >= 0.6 is 11.6 Å². The first-order valence-corrected chi connectivity index (χ1v) is 4.68. The smallest absolute Gasteiger partial charge is 0.170 e. The number of pyridine rings is 1. The first-order valence-electron chi connectivity index (χ1n) is 4.30. The molecule has 1 aliphatic carbocycles. The Kier molecular flexibility index (Phi) is 2.27. The zero-order valence-corrected chi connectivity index (χ0v) is 8.14. The van der Waals surface area contributed by atoms with Crippen molar-refractivity contribution in [2.45, 2.75) is 18.9 Å². The van der Waals surface area contributed by atoms with Gasteiger partial charge in [0.05, 0.1) is 6.10 Å². The average molecular weight is 199 g/mol. The Morgan fingerprint density at radius 2 is 2.31 bits per heavy atom. The topological polar surface area (TPSA) is 34.2 Å². The fourth-order valence-corrected chi connectivity index (χ4v) is 1.21. The van der Waals surface area contributed by atoms with Gasteiger partial charge in [0, 0.05) is 7.05 Å². The fourth-order valence-electron chi connectivity index (χ4n) is 1.06. The Hall–Kier alpha value is -0.960. The molecule has 1 aromatic heterocycles. The molecule has 0 atom stereocenters. The molecular formula is C9H11ClN2O. The fraction of sp³-hybridized carbons (Fsp3) is 0.444. The highest BCUT2D eigenvalue weighted by molar-refractivity contribution is 6.29. The van der Waals surface area contributed by atoms with Crippen molar-refractivity contribution >= 4 is 17.4 Å². The van der Waals surface area contributed by atoms with Gasteiger partial charge in [0.1, 0.15) is 5.15 Å². The number of hydrogen-bond donors (Lipinski definition) is 1. The first-order chi connectivity index (χ1) is 6.29. The summed E-state index contributed by atoms with van der Waals surface area (Å²) in [7, 11) is 1.80. The lowest BCUT2D eigenvalue weighted by molar-refractivity contribution is 0.303. The SMILES string of the molecule is CNc1nc(Cl)ccc1OC1CC1. The quantitative estimate of drug-likeness (QED) is 0.757. The van der Waals surface area contributed by atoms with Gasteiger partial charge in [-0.2, -0.15) is 0 Å². The van der Waals surface area contributed by atoms with Crippen LogP contribution in [0, 0.1) is 0 Å². The second-order valence-corrected chi connectivity index (χ2v) is 3.44. The highest BCUT2D eigenvalue weighted by Gasteiger charge is 2.24. The summed E-state index contributed by atoms with van der Waals surface area (Å²) >= 11 is 5.74. The molecule has 0 unspecified atom stereocenters. The van der Waals surface area contributed by atoms with E-state index in [2.05, 4.69) is 10.3 Å². The molecule has 4 heteroatoms. The molecule has 1 aromatic rings. The number of hydrogen-bond acceptors (Lipinski definition) is 3. The first kappa shape index (κ1) is 8.63. The molecule has 0 bridgehead atoms.